The second-order valence-electron chi connectivity index (χ2n) is 9.34. The van der Waals surface area contributed by atoms with Gasteiger partial charge in [0.2, 0.25) is 0 Å². The summed E-state index contributed by atoms with van der Waals surface area (Å²) in [5.41, 5.74) is 2.77. The molecule has 2 rings (SSSR count). The Labute approximate surface area is 198 Å². The Hall–Kier alpha value is -2.56. The molecule has 33 heavy (non-hydrogen) atoms. The van der Waals surface area contributed by atoms with Gasteiger partial charge in [0, 0.05) is 18.4 Å². The minimum absolute atomic E-state index is 0.0200. The van der Waals surface area contributed by atoms with Crippen LogP contribution in [0.3, 0.4) is 0 Å². The molecule has 1 fully saturated rings. The van der Waals surface area contributed by atoms with Crippen LogP contribution < -0.4 is 0 Å². The molecule has 0 saturated heterocycles. The van der Waals surface area contributed by atoms with Crippen molar-refractivity contribution >= 4 is 11.9 Å². The first-order valence-corrected chi connectivity index (χ1v) is 12.3. The average Bonchev–Trinajstić information content (AvgIpc) is 2.80. The molecule has 0 aromatic heterocycles. The molecule has 1 unspecified atom stereocenters. The Morgan fingerprint density at radius 2 is 1.73 bits per heavy atom. The summed E-state index contributed by atoms with van der Waals surface area (Å²) in [6.07, 6.45) is 10.9. The molecule has 1 saturated carbocycles. The van der Waals surface area contributed by atoms with E-state index in [-0.39, 0.29) is 6.61 Å². The number of benzene rings is 1. The van der Waals surface area contributed by atoms with Crippen LogP contribution in [-0.4, -0.2) is 29.8 Å². The van der Waals surface area contributed by atoms with E-state index in [1.165, 1.54) is 56.9 Å². The van der Waals surface area contributed by atoms with Crippen molar-refractivity contribution in [1.82, 2.24) is 0 Å². The lowest BCUT2D eigenvalue weighted by molar-refractivity contribution is -0.147. The van der Waals surface area contributed by atoms with Crippen LogP contribution in [0, 0.1) is 5.92 Å². The molecular weight excluding hydrogens is 416 g/mol. The van der Waals surface area contributed by atoms with E-state index in [0.717, 1.165) is 11.5 Å². The Balaban J connectivity index is 1.90. The number of aliphatic hydroxyl groups is 1. The number of esters is 2. The number of aliphatic hydroxyl groups excluding tert-OH is 1. The first kappa shape index (κ1) is 26.7. The molecule has 0 heterocycles. The summed E-state index contributed by atoms with van der Waals surface area (Å²) in [6.45, 7) is 10.7. The summed E-state index contributed by atoms with van der Waals surface area (Å²) < 4.78 is 10.5. The highest BCUT2D eigenvalue weighted by Crippen LogP contribution is 2.37. The summed E-state index contributed by atoms with van der Waals surface area (Å²) in [5, 5.41) is 9.07. The van der Waals surface area contributed by atoms with E-state index >= 15 is 0 Å². The topological polar surface area (TPSA) is 72.8 Å². The van der Waals surface area contributed by atoms with Gasteiger partial charge in [-0.1, -0.05) is 63.5 Å². The Morgan fingerprint density at radius 1 is 1.06 bits per heavy atom. The van der Waals surface area contributed by atoms with Crippen molar-refractivity contribution in [3.05, 3.63) is 59.9 Å². The van der Waals surface area contributed by atoms with Crippen LogP contribution in [-0.2, 0) is 25.5 Å². The fraction of sp³-hybridized carbons (Fsp3) is 0.571. The SMILES string of the molecule is C=C(C)C(=O)OC(CCOC(=O)C(=C)O)Cc1ccc(C2CCC(CCCCC)CC2)cc1. The van der Waals surface area contributed by atoms with Crippen molar-refractivity contribution in [2.75, 3.05) is 6.61 Å². The molecule has 0 radical (unpaired) electrons. The van der Waals surface area contributed by atoms with Gasteiger partial charge >= 0.3 is 11.9 Å². The molecule has 182 valence electrons. The molecule has 5 heteroatoms. The highest BCUT2D eigenvalue weighted by Gasteiger charge is 2.22. The quantitative estimate of drug-likeness (QED) is 0.157. The van der Waals surface area contributed by atoms with Crippen molar-refractivity contribution in [3.8, 4) is 0 Å². The maximum Gasteiger partial charge on any atom is 0.372 e. The molecule has 0 aliphatic heterocycles. The van der Waals surface area contributed by atoms with Crippen molar-refractivity contribution in [1.29, 1.82) is 0 Å². The molecule has 5 nitrogen and oxygen atoms in total. The summed E-state index contributed by atoms with van der Waals surface area (Å²) in [4.78, 5) is 23.4. The number of hydrogen-bond acceptors (Lipinski definition) is 5. The molecule has 1 aromatic rings. The van der Waals surface area contributed by atoms with Gasteiger partial charge in [0.1, 0.15) is 6.10 Å². The number of carbonyl (C=O) groups is 2. The smallest absolute Gasteiger partial charge is 0.372 e. The number of hydrogen-bond donors (Lipinski definition) is 1. The van der Waals surface area contributed by atoms with Crippen LogP contribution in [0.1, 0.15) is 88.7 Å². The first-order valence-electron chi connectivity index (χ1n) is 12.3. The fourth-order valence-corrected chi connectivity index (χ4v) is 4.48. The summed E-state index contributed by atoms with van der Waals surface area (Å²) in [7, 11) is 0. The van der Waals surface area contributed by atoms with E-state index in [4.69, 9.17) is 14.6 Å². The second-order valence-corrected chi connectivity index (χ2v) is 9.34. The predicted molar refractivity (Wildman–Crippen MR) is 131 cm³/mol. The summed E-state index contributed by atoms with van der Waals surface area (Å²) in [5.74, 6) is -0.455. The predicted octanol–water partition coefficient (Wildman–Crippen LogP) is 6.58. The van der Waals surface area contributed by atoms with Crippen molar-refractivity contribution in [2.45, 2.75) is 90.1 Å². The minimum Gasteiger partial charge on any atom is -0.502 e. The first-order chi connectivity index (χ1) is 15.8. The largest absolute Gasteiger partial charge is 0.502 e. The number of unbranched alkanes of at least 4 members (excludes halogenated alkanes) is 2. The zero-order chi connectivity index (χ0) is 24.2. The van der Waals surface area contributed by atoms with Crippen LogP contribution in [0.25, 0.3) is 0 Å². The lowest BCUT2D eigenvalue weighted by Gasteiger charge is -2.29. The maximum atomic E-state index is 12.0. The third kappa shape index (κ3) is 9.45. The Kier molecular flexibility index (Phi) is 11.2. The van der Waals surface area contributed by atoms with Gasteiger partial charge in [-0.3, -0.25) is 0 Å². The number of carbonyl (C=O) groups excluding carboxylic acids is 2. The normalized spacial score (nSPS) is 18.8. The molecule has 1 aliphatic rings. The van der Waals surface area contributed by atoms with Crippen LogP contribution >= 0.6 is 0 Å². The lowest BCUT2D eigenvalue weighted by Crippen LogP contribution is -2.24. The van der Waals surface area contributed by atoms with Crippen LogP contribution in [0.2, 0.25) is 0 Å². The highest BCUT2D eigenvalue weighted by atomic mass is 16.6. The Morgan fingerprint density at radius 3 is 2.30 bits per heavy atom. The number of ether oxygens (including phenoxy) is 2. The van der Waals surface area contributed by atoms with Gasteiger partial charge in [-0.25, -0.2) is 9.59 Å². The fourth-order valence-electron chi connectivity index (χ4n) is 4.48. The molecule has 1 atom stereocenters. The zero-order valence-electron chi connectivity index (χ0n) is 20.3. The third-order valence-electron chi connectivity index (χ3n) is 6.51. The van der Waals surface area contributed by atoms with Crippen molar-refractivity contribution < 1.29 is 24.2 Å². The minimum atomic E-state index is -0.871. The van der Waals surface area contributed by atoms with Crippen LogP contribution in [0.5, 0.6) is 0 Å². The van der Waals surface area contributed by atoms with Gasteiger partial charge in [-0.2, -0.15) is 0 Å². The van der Waals surface area contributed by atoms with Gasteiger partial charge in [-0.15, -0.1) is 0 Å². The van der Waals surface area contributed by atoms with E-state index in [2.05, 4.69) is 44.3 Å². The van der Waals surface area contributed by atoms with E-state index < -0.39 is 23.8 Å². The second kappa shape index (κ2) is 13.9. The highest BCUT2D eigenvalue weighted by molar-refractivity contribution is 5.87. The molecular formula is C28H40O5. The van der Waals surface area contributed by atoms with Crippen molar-refractivity contribution in [3.63, 3.8) is 0 Å². The molecule has 0 amide bonds. The standard InChI is InChI=1S/C28H40O5/c1-5-6-7-8-22-9-13-24(14-10-22)25-15-11-23(12-16-25)19-26(33-27(30)20(2)3)17-18-32-28(31)21(4)29/h11-12,15-16,22,24,26,29H,2,4-10,13-14,17-19H2,1,3H3. The van der Waals surface area contributed by atoms with Crippen LogP contribution in [0.15, 0.2) is 48.8 Å². The van der Waals surface area contributed by atoms with Crippen molar-refractivity contribution in [2.24, 2.45) is 5.92 Å². The molecule has 0 bridgehead atoms. The average molecular weight is 457 g/mol. The zero-order valence-corrected chi connectivity index (χ0v) is 20.3. The molecule has 1 N–H and O–H groups in total. The summed E-state index contributed by atoms with van der Waals surface area (Å²) in [6, 6.07) is 8.60. The summed E-state index contributed by atoms with van der Waals surface area (Å²) >= 11 is 0. The van der Waals surface area contributed by atoms with E-state index in [9.17, 15) is 9.59 Å². The van der Waals surface area contributed by atoms with Gasteiger partial charge in [0.25, 0.3) is 0 Å². The van der Waals surface area contributed by atoms with Gasteiger partial charge in [0.05, 0.1) is 6.61 Å². The van der Waals surface area contributed by atoms with Gasteiger partial charge in [0.15, 0.2) is 5.76 Å². The maximum absolute atomic E-state index is 12.0. The van der Waals surface area contributed by atoms with E-state index in [1.54, 1.807) is 6.92 Å². The monoisotopic (exact) mass is 456 g/mol. The third-order valence-corrected chi connectivity index (χ3v) is 6.51. The molecule has 0 spiro atoms. The number of rotatable bonds is 13. The van der Waals surface area contributed by atoms with E-state index in [0.29, 0.717) is 24.3 Å². The van der Waals surface area contributed by atoms with Gasteiger partial charge in [-0.05, 0) is 62.1 Å². The molecule has 1 aliphatic carbocycles. The van der Waals surface area contributed by atoms with E-state index in [1.807, 2.05) is 0 Å². The molecule has 1 aromatic carbocycles. The Bertz CT molecular complexity index is 787. The van der Waals surface area contributed by atoms with Gasteiger partial charge < -0.3 is 14.6 Å². The van der Waals surface area contributed by atoms with Crippen LogP contribution in [0.4, 0.5) is 0 Å². The lowest BCUT2D eigenvalue weighted by atomic mass is 9.77.